The van der Waals surface area contributed by atoms with Gasteiger partial charge in [-0.05, 0) is 55.5 Å². The van der Waals surface area contributed by atoms with Crippen molar-refractivity contribution in [3.63, 3.8) is 0 Å². The molecule has 148 valence electrons. The first-order valence-electron chi connectivity index (χ1n) is 8.73. The zero-order valence-electron chi connectivity index (χ0n) is 15.4. The molecule has 0 aliphatic carbocycles. The fraction of sp³-hybridized carbons (Fsp3) is 0.0952. The van der Waals surface area contributed by atoms with E-state index >= 15 is 0 Å². The van der Waals surface area contributed by atoms with Crippen LogP contribution >= 0.6 is 0 Å². The van der Waals surface area contributed by atoms with E-state index in [1.54, 1.807) is 31.2 Å². The molecule has 3 rings (SSSR count). The molecule has 3 aromatic rings. The van der Waals surface area contributed by atoms with E-state index in [1.165, 1.54) is 24.4 Å². The molecule has 8 heteroatoms. The third-order valence-corrected chi connectivity index (χ3v) is 3.87. The Bertz CT molecular complexity index is 1020. The van der Waals surface area contributed by atoms with Crippen molar-refractivity contribution in [1.29, 1.82) is 0 Å². The van der Waals surface area contributed by atoms with Gasteiger partial charge in [0.25, 0.3) is 5.91 Å². The standard InChI is InChI=1S/C21H17F2N3O3/c1-2-29-21(28)13-3-7-16(8-4-13)25-20(27)14-5-10-19(24-12-14)26-18-9-6-15(22)11-17(18)23/h3-12H,2H2,1H3,(H,24,26)(H,25,27). The number of hydrogen-bond acceptors (Lipinski definition) is 5. The summed E-state index contributed by atoms with van der Waals surface area (Å²) in [5.74, 6) is -1.97. The molecule has 0 fully saturated rings. The molecule has 29 heavy (non-hydrogen) atoms. The molecule has 2 N–H and O–H groups in total. The van der Waals surface area contributed by atoms with Crippen molar-refractivity contribution in [3.05, 3.63) is 83.6 Å². The summed E-state index contributed by atoms with van der Waals surface area (Å²) in [6, 6.07) is 12.4. The highest BCUT2D eigenvalue weighted by Crippen LogP contribution is 2.20. The molecule has 0 saturated carbocycles. The van der Waals surface area contributed by atoms with Crippen LogP contribution in [0.5, 0.6) is 0 Å². The van der Waals surface area contributed by atoms with Crippen LogP contribution < -0.4 is 10.6 Å². The monoisotopic (exact) mass is 397 g/mol. The van der Waals surface area contributed by atoms with Crippen LogP contribution in [-0.4, -0.2) is 23.5 Å². The van der Waals surface area contributed by atoms with Crippen LogP contribution in [0.1, 0.15) is 27.6 Å². The normalized spacial score (nSPS) is 10.3. The van der Waals surface area contributed by atoms with Gasteiger partial charge in [0.05, 0.1) is 23.4 Å². The third kappa shape index (κ3) is 5.13. The van der Waals surface area contributed by atoms with Crippen molar-refractivity contribution in [2.45, 2.75) is 6.92 Å². The number of carbonyl (C=O) groups is 2. The predicted molar refractivity (Wildman–Crippen MR) is 104 cm³/mol. The van der Waals surface area contributed by atoms with E-state index in [1.807, 2.05) is 0 Å². The number of hydrogen-bond donors (Lipinski definition) is 2. The highest BCUT2D eigenvalue weighted by molar-refractivity contribution is 6.04. The van der Waals surface area contributed by atoms with Crippen LogP contribution in [0.4, 0.5) is 26.0 Å². The summed E-state index contributed by atoms with van der Waals surface area (Å²) in [5.41, 5.74) is 1.23. The lowest BCUT2D eigenvalue weighted by Gasteiger charge is -2.09. The molecule has 0 spiro atoms. The van der Waals surface area contributed by atoms with Crippen molar-refractivity contribution in [1.82, 2.24) is 4.98 Å². The van der Waals surface area contributed by atoms with Gasteiger partial charge >= 0.3 is 5.97 Å². The van der Waals surface area contributed by atoms with Crippen molar-refractivity contribution >= 4 is 29.1 Å². The van der Waals surface area contributed by atoms with E-state index in [2.05, 4.69) is 15.6 Å². The van der Waals surface area contributed by atoms with Gasteiger partial charge in [-0.1, -0.05) is 0 Å². The molecule has 0 aliphatic heterocycles. The molecule has 6 nitrogen and oxygen atoms in total. The molecular formula is C21H17F2N3O3. The van der Waals surface area contributed by atoms with Crippen LogP contribution in [0.25, 0.3) is 0 Å². The molecule has 0 aliphatic rings. The zero-order chi connectivity index (χ0) is 20.8. The van der Waals surface area contributed by atoms with Crippen molar-refractivity contribution in [2.24, 2.45) is 0 Å². The van der Waals surface area contributed by atoms with Crippen LogP contribution in [0.3, 0.4) is 0 Å². The van der Waals surface area contributed by atoms with Crippen LogP contribution in [0.15, 0.2) is 60.8 Å². The van der Waals surface area contributed by atoms with Crippen LogP contribution in [0, 0.1) is 11.6 Å². The lowest BCUT2D eigenvalue weighted by Crippen LogP contribution is -2.12. The second-order valence-corrected chi connectivity index (χ2v) is 5.93. The lowest BCUT2D eigenvalue weighted by atomic mass is 10.2. The first kappa shape index (κ1) is 19.9. The second kappa shape index (κ2) is 8.92. The summed E-state index contributed by atoms with van der Waals surface area (Å²) in [7, 11) is 0. The maximum Gasteiger partial charge on any atom is 0.338 e. The van der Waals surface area contributed by atoms with Gasteiger partial charge in [-0.3, -0.25) is 4.79 Å². The number of carbonyl (C=O) groups excluding carboxylic acids is 2. The number of nitrogens with one attached hydrogen (secondary N) is 2. The Hall–Kier alpha value is -3.81. The summed E-state index contributed by atoms with van der Waals surface area (Å²) in [5, 5.41) is 5.40. The summed E-state index contributed by atoms with van der Waals surface area (Å²) in [4.78, 5) is 28.0. The Morgan fingerprint density at radius 3 is 2.34 bits per heavy atom. The maximum atomic E-state index is 13.7. The van der Waals surface area contributed by atoms with E-state index < -0.39 is 23.5 Å². The number of amides is 1. The Morgan fingerprint density at radius 1 is 1.00 bits per heavy atom. The first-order valence-corrected chi connectivity index (χ1v) is 8.73. The van der Waals surface area contributed by atoms with Gasteiger partial charge in [0.1, 0.15) is 17.5 Å². The summed E-state index contributed by atoms with van der Waals surface area (Å²) in [6.45, 7) is 2.00. The first-order chi connectivity index (χ1) is 14.0. The molecular weight excluding hydrogens is 380 g/mol. The topological polar surface area (TPSA) is 80.3 Å². The molecule has 1 amide bonds. The minimum absolute atomic E-state index is 0.0674. The molecule has 1 aromatic heterocycles. The Morgan fingerprint density at radius 2 is 1.72 bits per heavy atom. The number of aromatic nitrogens is 1. The SMILES string of the molecule is CCOC(=O)c1ccc(NC(=O)c2ccc(Nc3ccc(F)cc3F)nc2)cc1. The Labute approximate surface area is 165 Å². The van der Waals surface area contributed by atoms with Crippen molar-refractivity contribution in [2.75, 3.05) is 17.2 Å². The summed E-state index contributed by atoms with van der Waals surface area (Å²) in [6.07, 6.45) is 1.33. The predicted octanol–water partition coefficient (Wildman–Crippen LogP) is 4.53. The van der Waals surface area contributed by atoms with Gasteiger partial charge in [-0.25, -0.2) is 18.6 Å². The molecule has 2 aromatic carbocycles. The van der Waals surface area contributed by atoms with E-state index in [4.69, 9.17) is 4.74 Å². The number of benzene rings is 2. The van der Waals surface area contributed by atoms with Crippen LogP contribution in [-0.2, 0) is 4.74 Å². The molecule has 0 unspecified atom stereocenters. The van der Waals surface area contributed by atoms with Gasteiger partial charge in [0, 0.05) is 18.0 Å². The van der Waals surface area contributed by atoms with Gasteiger partial charge in [-0.2, -0.15) is 0 Å². The molecule has 1 heterocycles. The van der Waals surface area contributed by atoms with E-state index in [0.29, 0.717) is 17.1 Å². The largest absolute Gasteiger partial charge is 0.462 e. The summed E-state index contributed by atoms with van der Waals surface area (Å²) < 4.78 is 31.5. The van der Waals surface area contributed by atoms with E-state index in [0.717, 1.165) is 12.1 Å². The molecule has 0 atom stereocenters. The number of nitrogens with zero attached hydrogens (tertiary/aromatic N) is 1. The molecule has 0 saturated heterocycles. The van der Waals surface area contributed by atoms with Gasteiger partial charge in [0.15, 0.2) is 0 Å². The average Bonchev–Trinajstić information content (AvgIpc) is 2.71. The smallest absolute Gasteiger partial charge is 0.338 e. The number of esters is 1. The number of ether oxygens (including phenoxy) is 1. The maximum absolute atomic E-state index is 13.7. The average molecular weight is 397 g/mol. The third-order valence-electron chi connectivity index (χ3n) is 3.87. The van der Waals surface area contributed by atoms with Crippen molar-refractivity contribution in [3.8, 4) is 0 Å². The van der Waals surface area contributed by atoms with E-state index in [-0.39, 0.29) is 17.9 Å². The summed E-state index contributed by atoms with van der Waals surface area (Å²) >= 11 is 0. The van der Waals surface area contributed by atoms with Gasteiger partial charge < -0.3 is 15.4 Å². The Kier molecular flexibility index (Phi) is 6.13. The number of anilines is 3. The fourth-order valence-corrected chi connectivity index (χ4v) is 2.44. The number of pyridine rings is 1. The van der Waals surface area contributed by atoms with Gasteiger partial charge in [0.2, 0.25) is 0 Å². The molecule has 0 radical (unpaired) electrons. The minimum Gasteiger partial charge on any atom is -0.462 e. The quantitative estimate of drug-likeness (QED) is 0.598. The number of rotatable bonds is 6. The zero-order valence-corrected chi connectivity index (χ0v) is 15.4. The highest BCUT2D eigenvalue weighted by Gasteiger charge is 2.10. The molecule has 0 bridgehead atoms. The highest BCUT2D eigenvalue weighted by atomic mass is 19.1. The van der Waals surface area contributed by atoms with Crippen molar-refractivity contribution < 1.29 is 23.1 Å². The van der Waals surface area contributed by atoms with Gasteiger partial charge in [-0.15, -0.1) is 0 Å². The number of halogens is 2. The minimum atomic E-state index is -0.750. The Balaban J connectivity index is 1.63. The van der Waals surface area contributed by atoms with Crippen LogP contribution in [0.2, 0.25) is 0 Å². The second-order valence-electron chi connectivity index (χ2n) is 5.93. The van der Waals surface area contributed by atoms with E-state index in [9.17, 15) is 18.4 Å². The fourth-order valence-electron chi connectivity index (χ4n) is 2.44. The lowest BCUT2D eigenvalue weighted by molar-refractivity contribution is 0.0526.